The number of hydrogen-bond acceptors (Lipinski definition) is 4. The standard InChI is InChI=1S/C25H30F2N4O2/c1-4-12-29-33-17-20-14-21(24(32)28-15-19-10-11-22(26)23(27)13-19)25(30(2)3)31(20)16-18-8-6-5-7-9-18/h5-11,13-14,29H,4,12,15-17H2,1-3H3,(H,28,32). The van der Waals surface area contributed by atoms with Crippen molar-refractivity contribution in [2.75, 3.05) is 25.5 Å². The van der Waals surface area contributed by atoms with Crippen molar-refractivity contribution >= 4 is 11.7 Å². The van der Waals surface area contributed by atoms with Gasteiger partial charge in [0.1, 0.15) is 12.4 Å². The molecule has 0 unspecified atom stereocenters. The van der Waals surface area contributed by atoms with Gasteiger partial charge in [0.25, 0.3) is 5.91 Å². The van der Waals surface area contributed by atoms with E-state index in [1.165, 1.54) is 6.07 Å². The lowest BCUT2D eigenvalue weighted by molar-refractivity contribution is 0.0251. The van der Waals surface area contributed by atoms with E-state index in [0.717, 1.165) is 42.2 Å². The number of rotatable bonds is 11. The normalized spacial score (nSPS) is 10.9. The van der Waals surface area contributed by atoms with E-state index in [2.05, 4.69) is 15.4 Å². The molecule has 176 valence electrons. The van der Waals surface area contributed by atoms with Crippen molar-refractivity contribution < 1.29 is 18.4 Å². The van der Waals surface area contributed by atoms with Crippen molar-refractivity contribution in [3.63, 3.8) is 0 Å². The highest BCUT2D eigenvalue weighted by Gasteiger charge is 2.22. The summed E-state index contributed by atoms with van der Waals surface area (Å²) in [5, 5.41) is 2.81. The topological polar surface area (TPSA) is 58.5 Å². The van der Waals surface area contributed by atoms with Crippen LogP contribution in [-0.4, -0.2) is 31.1 Å². The predicted octanol–water partition coefficient (Wildman–Crippen LogP) is 4.24. The van der Waals surface area contributed by atoms with E-state index < -0.39 is 11.6 Å². The van der Waals surface area contributed by atoms with E-state index in [9.17, 15) is 13.6 Å². The largest absolute Gasteiger partial charge is 0.363 e. The van der Waals surface area contributed by atoms with E-state index in [4.69, 9.17) is 4.84 Å². The first-order valence-corrected chi connectivity index (χ1v) is 10.9. The van der Waals surface area contributed by atoms with Crippen molar-refractivity contribution in [3.8, 4) is 0 Å². The Morgan fingerprint density at radius 3 is 2.45 bits per heavy atom. The number of nitrogens with one attached hydrogen (secondary N) is 2. The predicted molar refractivity (Wildman–Crippen MR) is 125 cm³/mol. The molecule has 0 aliphatic carbocycles. The molecule has 0 fully saturated rings. The molecule has 0 aliphatic heterocycles. The molecular weight excluding hydrogens is 426 g/mol. The fourth-order valence-corrected chi connectivity index (χ4v) is 3.53. The van der Waals surface area contributed by atoms with E-state index in [0.29, 0.717) is 17.7 Å². The van der Waals surface area contributed by atoms with Crippen LogP contribution >= 0.6 is 0 Å². The van der Waals surface area contributed by atoms with Gasteiger partial charge < -0.3 is 14.8 Å². The number of nitrogens with zero attached hydrogens (tertiary/aromatic N) is 2. The van der Waals surface area contributed by atoms with Gasteiger partial charge in [-0.2, -0.15) is 0 Å². The lowest BCUT2D eigenvalue weighted by atomic mass is 10.2. The molecule has 0 bridgehead atoms. The Hall–Kier alpha value is -3.23. The first-order chi connectivity index (χ1) is 15.9. The quantitative estimate of drug-likeness (QED) is 0.335. The van der Waals surface area contributed by atoms with E-state index in [1.54, 1.807) is 0 Å². The Labute approximate surface area is 193 Å². The molecule has 3 aromatic rings. The summed E-state index contributed by atoms with van der Waals surface area (Å²) in [5.41, 5.74) is 5.81. The van der Waals surface area contributed by atoms with Gasteiger partial charge in [-0.25, -0.2) is 14.3 Å². The maximum atomic E-state index is 13.5. The number of carbonyl (C=O) groups is 1. The van der Waals surface area contributed by atoms with Gasteiger partial charge in [0.2, 0.25) is 0 Å². The number of anilines is 1. The van der Waals surface area contributed by atoms with Crippen LogP contribution in [0.25, 0.3) is 0 Å². The number of amides is 1. The Kier molecular flexibility index (Phi) is 8.57. The fourth-order valence-electron chi connectivity index (χ4n) is 3.53. The number of halogens is 2. The van der Waals surface area contributed by atoms with E-state index in [1.807, 2.05) is 62.3 Å². The highest BCUT2D eigenvalue weighted by atomic mass is 19.2. The average molecular weight is 457 g/mol. The average Bonchev–Trinajstić information content (AvgIpc) is 3.16. The third-order valence-corrected chi connectivity index (χ3v) is 5.12. The molecule has 33 heavy (non-hydrogen) atoms. The van der Waals surface area contributed by atoms with Crippen LogP contribution in [-0.2, 0) is 24.5 Å². The van der Waals surface area contributed by atoms with Gasteiger partial charge in [-0.3, -0.25) is 9.63 Å². The summed E-state index contributed by atoms with van der Waals surface area (Å²) in [4.78, 5) is 20.6. The summed E-state index contributed by atoms with van der Waals surface area (Å²) in [5.74, 6) is -1.43. The first kappa shape index (κ1) is 24.4. The second-order valence-corrected chi connectivity index (χ2v) is 7.95. The van der Waals surface area contributed by atoms with Crippen molar-refractivity contribution in [3.05, 3.63) is 88.6 Å². The Morgan fingerprint density at radius 1 is 1.03 bits per heavy atom. The maximum Gasteiger partial charge on any atom is 0.255 e. The van der Waals surface area contributed by atoms with Crippen LogP contribution in [0.1, 0.15) is 40.5 Å². The molecule has 1 heterocycles. The third-order valence-electron chi connectivity index (χ3n) is 5.12. The summed E-state index contributed by atoms with van der Waals surface area (Å²) >= 11 is 0. The van der Waals surface area contributed by atoms with Crippen LogP contribution < -0.4 is 15.7 Å². The molecule has 1 aromatic heterocycles. The maximum absolute atomic E-state index is 13.5. The van der Waals surface area contributed by atoms with Gasteiger partial charge in [-0.05, 0) is 35.7 Å². The summed E-state index contributed by atoms with van der Waals surface area (Å²) in [7, 11) is 3.76. The first-order valence-electron chi connectivity index (χ1n) is 10.9. The molecule has 0 atom stereocenters. The molecule has 8 heteroatoms. The molecule has 0 spiro atoms. The number of hydroxylamine groups is 1. The summed E-state index contributed by atoms with van der Waals surface area (Å²) in [6.45, 7) is 3.70. The lowest BCUT2D eigenvalue weighted by Crippen LogP contribution is -2.26. The van der Waals surface area contributed by atoms with Gasteiger partial charge in [0, 0.05) is 39.4 Å². The van der Waals surface area contributed by atoms with E-state index in [-0.39, 0.29) is 19.1 Å². The van der Waals surface area contributed by atoms with Crippen LogP contribution in [0.5, 0.6) is 0 Å². The molecule has 1 amide bonds. The number of hydrogen-bond donors (Lipinski definition) is 2. The number of benzene rings is 2. The number of aromatic nitrogens is 1. The Bertz CT molecular complexity index is 1070. The second-order valence-electron chi connectivity index (χ2n) is 7.95. The minimum atomic E-state index is -0.941. The highest BCUT2D eigenvalue weighted by Crippen LogP contribution is 2.26. The molecule has 2 aromatic carbocycles. The monoisotopic (exact) mass is 456 g/mol. The second kappa shape index (κ2) is 11.6. The van der Waals surface area contributed by atoms with Crippen LogP contribution in [0.3, 0.4) is 0 Å². The zero-order valence-electron chi connectivity index (χ0n) is 19.2. The molecular formula is C25H30F2N4O2. The van der Waals surface area contributed by atoms with E-state index >= 15 is 0 Å². The molecule has 0 aliphatic rings. The van der Waals surface area contributed by atoms with Crippen molar-refractivity contribution in [2.45, 2.75) is 33.0 Å². The summed E-state index contributed by atoms with van der Waals surface area (Å²) < 4.78 is 28.8. The lowest BCUT2D eigenvalue weighted by Gasteiger charge is -2.20. The summed E-state index contributed by atoms with van der Waals surface area (Å²) in [6.07, 6.45) is 0.936. The van der Waals surface area contributed by atoms with Gasteiger partial charge in [0.15, 0.2) is 11.6 Å². The van der Waals surface area contributed by atoms with Crippen LogP contribution in [0.15, 0.2) is 54.6 Å². The van der Waals surface area contributed by atoms with Crippen LogP contribution in [0.4, 0.5) is 14.6 Å². The van der Waals surface area contributed by atoms with Crippen LogP contribution in [0.2, 0.25) is 0 Å². The summed E-state index contributed by atoms with van der Waals surface area (Å²) in [6, 6.07) is 15.4. The minimum absolute atomic E-state index is 0.0800. The molecule has 0 radical (unpaired) electrons. The van der Waals surface area contributed by atoms with Crippen molar-refractivity contribution in [1.82, 2.24) is 15.4 Å². The SMILES string of the molecule is CCCNOCc1cc(C(=O)NCc2ccc(F)c(F)c2)c(N(C)C)n1Cc1ccccc1. The third kappa shape index (κ3) is 6.40. The minimum Gasteiger partial charge on any atom is -0.363 e. The van der Waals surface area contributed by atoms with Gasteiger partial charge in [-0.1, -0.05) is 43.3 Å². The Morgan fingerprint density at radius 2 is 1.79 bits per heavy atom. The fraction of sp³-hybridized carbons (Fsp3) is 0.320. The zero-order valence-corrected chi connectivity index (χ0v) is 19.2. The molecule has 6 nitrogen and oxygen atoms in total. The van der Waals surface area contributed by atoms with Gasteiger partial charge in [-0.15, -0.1) is 0 Å². The smallest absolute Gasteiger partial charge is 0.255 e. The molecule has 3 rings (SSSR count). The molecule has 0 saturated carbocycles. The highest BCUT2D eigenvalue weighted by molar-refractivity contribution is 5.99. The molecule has 2 N–H and O–H groups in total. The number of carbonyl (C=O) groups excluding carboxylic acids is 1. The van der Waals surface area contributed by atoms with Gasteiger partial charge in [0.05, 0.1) is 5.56 Å². The van der Waals surface area contributed by atoms with Crippen molar-refractivity contribution in [1.29, 1.82) is 0 Å². The molecule has 0 saturated heterocycles. The van der Waals surface area contributed by atoms with Crippen molar-refractivity contribution in [2.24, 2.45) is 0 Å². The van der Waals surface area contributed by atoms with Crippen LogP contribution in [0, 0.1) is 11.6 Å². The Balaban J connectivity index is 1.88. The van der Waals surface area contributed by atoms with Gasteiger partial charge >= 0.3 is 0 Å². The zero-order chi connectivity index (χ0) is 23.8.